The van der Waals surface area contributed by atoms with Gasteiger partial charge in [-0.05, 0) is 61.9 Å². The van der Waals surface area contributed by atoms with Crippen molar-refractivity contribution in [3.63, 3.8) is 0 Å². The summed E-state index contributed by atoms with van der Waals surface area (Å²) in [6.45, 7) is 8.14. The topological polar surface area (TPSA) is 54.8 Å². The van der Waals surface area contributed by atoms with Gasteiger partial charge in [0.15, 0.2) is 0 Å². The van der Waals surface area contributed by atoms with E-state index in [2.05, 4.69) is 35.0 Å². The first-order valence-corrected chi connectivity index (χ1v) is 10.7. The zero-order valence-electron chi connectivity index (χ0n) is 17.7. The molecule has 5 nitrogen and oxygen atoms in total. The van der Waals surface area contributed by atoms with Gasteiger partial charge in [0.05, 0.1) is 19.4 Å². The minimum Gasteiger partial charge on any atom is -0.496 e. The molecule has 2 fully saturated rings. The van der Waals surface area contributed by atoms with Crippen LogP contribution < -0.4 is 4.74 Å². The molecule has 1 aromatic heterocycles. The predicted molar refractivity (Wildman–Crippen MR) is 113 cm³/mol. The van der Waals surface area contributed by atoms with Crippen molar-refractivity contribution in [1.82, 2.24) is 9.88 Å². The predicted octanol–water partition coefficient (Wildman–Crippen LogP) is 3.66. The number of pyridine rings is 1. The van der Waals surface area contributed by atoms with Crippen LogP contribution in [0.1, 0.15) is 42.1 Å². The molecule has 0 amide bonds. The number of nitrogens with zero attached hydrogens (tertiary/aromatic N) is 2. The van der Waals surface area contributed by atoms with Gasteiger partial charge in [-0.1, -0.05) is 12.1 Å². The van der Waals surface area contributed by atoms with Crippen LogP contribution in [-0.4, -0.2) is 41.8 Å². The number of rotatable bonds is 7. The van der Waals surface area contributed by atoms with Crippen LogP contribution in [0.4, 0.5) is 0 Å². The summed E-state index contributed by atoms with van der Waals surface area (Å²) >= 11 is 0. The fourth-order valence-corrected chi connectivity index (χ4v) is 5.26. The number of hydrogen-bond acceptors (Lipinski definition) is 5. The molecule has 1 saturated heterocycles. The summed E-state index contributed by atoms with van der Waals surface area (Å²) < 4.78 is 11.1. The molecule has 1 aliphatic carbocycles. The van der Waals surface area contributed by atoms with E-state index in [0.29, 0.717) is 19.1 Å². The van der Waals surface area contributed by atoms with Gasteiger partial charge in [-0.3, -0.25) is 9.88 Å². The minimum atomic E-state index is -0.801. The first-order chi connectivity index (χ1) is 14.0. The molecule has 0 radical (unpaired) electrons. The second-order valence-electron chi connectivity index (χ2n) is 8.48. The molecular formula is C24H32N2O3. The normalized spacial score (nSPS) is 26.6. The minimum absolute atomic E-state index is 0.247. The van der Waals surface area contributed by atoms with E-state index in [0.717, 1.165) is 55.0 Å². The number of aryl methyl sites for hydroxylation is 1. The van der Waals surface area contributed by atoms with Crippen molar-refractivity contribution >= 4 is 0 Å². The summed E-state index contributed by atoms with van der Waals surface area (Å²) in [6.07, 6.45) is 3.68. The largest absolute Gasteiger partial charge is 0.496 e. The fourth-order valence-electron chi connectivity index (χ4n) is 5.26. The maximum atomic E-state index is 11.6. The zero-order valence-corrected chi connectivity index (χ0v) is 17.7. The van der Waals surface area contributed by atoms with Crippen LogP contribution >= 0.6 is 0 Å². The molecule has 1 N–H and O–H groups in total. The van der Waals surface area contributed by atoms with Crippen LogP contribution in [0.15, 0.2) is 36.5 Å². The molecule has 0 spiro atoms. The van der Waals surface area contributed by atoms with Gasteiger partial charge in [0.1, 0.15) is 11.4 Å². The Morgan fingerprint density at radius 3 is 2.90 bits per heavy atom. The second kappa shape index (κ2) is 8.42. The highest BCUT2D eigenvalue weighted by Gasteiger charge is 2.53. The average Bonchev–Trinajstić information content (AvgIpc) is 3.27. The van der Waals surface area contributed by atoms with Gasteiger partial charge >= 0.3 is 0 Å². The van der Waals surface area contributed by atoms with Crippen LogP contribution in [0.3, 0.4) is 0 Å². The van der Waals surface area contributed by atoms with Gasteiger partial charge in [0, 0.05) is 43.9 Å². The molecule has 1 aromatic carbocycles. The summed E-state index contributed by atoms with van der Waals surface area (Å²) in [5.41, 5.74) is 3.51. The number of methoxy groups -OCH3 is 1. The highest BCUT2D eigenvalue weighted by atomic mass is 16.5. The quantitative estimate of drug-likeness (QED) is 0.774. The van der Waals surface area contributed by atoms with Crippen LogP contribution in [0.2, 0.25) is 0 Å². The number of fused-ring (bicyclic) bond motifs is 1. The van der Waals surface area contributed by atoms with E-state index in [1.54, 1.807) is 13.3 Å². The number of hydrogen-bond donors (Lipinski definition) is 1. The van der Waals surface area contributed by atoms with Crippen molar-refractivity contribution in [2.24, 2.45) is 11.8 Å². The van der Waals surface area contributed by atoms with Gasteiger partial charge in [-0.25, -0.2) is 0 Å². The van der Waals surface area contributed by atoms with Crippen molar-refractivity contribution in [2.75, 3.05) is 26.8 Å². The van der Waals surface area contributed by atoms with Gasteiger partial charge in [-0.2, -0.15) is 0 Å². The molecule has 2 aliphatic rings. The van der Waals surface area contributed by atoms with Gasteiger partial charge < -0.3 is 14.6 Å². The van der Waals surface area contributed by atoms with Crippen molar-refractivity contribution in [2.45, 2.75) is 45.4 Å². The lowest BCUT2D eigenvalue weighted by Crippen LogP contribution is -2.36. The maximum absolute atomic E-state index is 11.6. The maximum Gasteiger partial charge on any atom is 0.124 e. The fraction of sp³-hybridized carbons (Fsp3) is 0.542. The SMILES string of the molecule is CCOCc1cc(CN2C[C@@H]3CC[C@@](O)(c4ncccc4C)[C@@H]3C2)ccc1OC. The molecule has 1 aliphatic heterocycles. The Labute approximate surface area is 173 Å². The lowest BCUT2D eigenvalue weighted by Gasteiger charge is -2.31. The number of aliphatic hydroxyl groups is 1. The van der Waals surface area contributed by atoms with Crippen molar-refractivity contribution in [1.29, 1.82) is 0 Å². The van der Waals surface area contributed by atoms with E-state index in [-0.39, 0.29) is 5.92 Å². The Hall–Kier alpha value is -1.95. The summed E-state index contributed by atoms with van der Waals surface area (Å²) in [7, 11) is 1.70. The Bertz CT molecular complexity index is 856. The standard InChI is InChI=1S/C24H32N2O3/c1-4-29-16-20-12-18(7-8-22(20)28-3)13-26-14-19-9-10-24(27,21(19)15-26)23-17(2)6-5-11-25-23/h5-8,11-12,19,21,27H,4,9-10,13-16H2,1-3H3/t19-,21+,24-/m0/s1. The molecule has 2 aromatic rings. The molecule has 5 heteroatoms. The number of likely N-dealkylation sites (tertiary alicyclic amines) is 1. The third-order valence-electron chi connectivity index (χ3n) is 6.66. The summed E-state index contributed by atoms with van der Waals surface area (Å²) in [4.78, 5) is 7.04. The average molecular weight is 397 g/mol. The number of benzene rings is 1. The van der Waals surface area contributed by atoms with E-state index >= 15 is 0 Å². The molecule has 0 bridgehead atoms. The molecule has 4 rings (SSSR count). The molecular weight excluding hydrogens is 364 g/mol. The van der Waals surface area contributed by atoms with Crippen LogP contribution in [0, 0.1) is 18.8 Å². The first-order valence-electron chi connectivity index (χ1n) is 10.7. The number of ether oxygens (including phenoxy) is 2. The summed E-state index contributed by atoms with van der Waals surface area (Å²) in [6, 6.07) is 10.4. The lowest BCUT2D eigenvalue weighted by atomic mass is 9.83. The smallest absolute Gasteiger partial charge is 0.124 e. The molecule has 3 atom stereocenters. The van der Waals surface area contributed by atoms with E-state index in [1.165, 1.54) is 5.56 Å². The van der Waals surface area contributed by atoms with E-state index in [4.69, 9.17) is 9.47 Å². The molecule has 2 heterocycles. The van der Waals surface area contributed by atoms with Crippen molar-refractivity contribution in [3.8, 4) is 5.75 Å². The van der Waals surface area contributed by atoms with Crippen LogP contribution in [0.25, 0.3) is 0 Å². The molecule has 1 saturated carbocycles. The van der Waals surface area contributed by atoms with E-state index in [9.17, 15) is 5.11 Å². The Morgan fingerprint density at radius 1 is 1.28 bits per heavy atom. The van der Waals surface area contributed by atoms with E-state index < -0.39 is 5.60 Å². The van der Waals surface area contributed by atoms with Gasteiger partial charge in [0.2, 0.25) is 0 Å². The lowest BCUT2D eigenvalue weighted by molar-refractivity contribution is -0.0114. The highest BCUT2D eigenvalue weighted by Crippen LogP contribution is 2.50. The Kier molecular flexibility index (Phi) is 5.91. The first kappa shape index (κ1) is 20.3. The number of aromatic nitrogens is 1. The zero-order chi connectivity index (χ0) is 20.4. The third-order valence-corrected chi connectivity index (χ3v) is 6.66. The Morgan fingerprint density at radius 2 is 2.14 bits per heavy atom. The van der Waals surface area contributed by atoms with E-state index in [1.807, 2.05) is 19.1 Å². The van der Waals surface area contributed by atoms with Gasteiger partial charge in [-0.15, -0.1) is 0 Å². The van der Waals surface area contributed by atoms with Crippen LogP contribution in [0.5, 0.6) is 5.75 Å². The summed E-state index contributed by atoms with van der Waals surface area (Å²) in [5, 5.41) is 11.6. The molecule has 156 valence electrons. The monoisotopic (exact) mass is 396 g/mol. The second-order valence-corrected chi connectivity index (χ2v) is 8.48. The third kappa shape index (κ3) is 3.91. The summed E-state index contributed by atoms with van der Waals surface area (Å²) in [5.74, 6) is 1.65. The van der Waals surface area contributed by atoms with Crippen LogP contribution in [-0.2, 0) is 23.5 Å². The Balaban J connectivity index is 1.49. The molecule has 0 unspecified atom stereocenters. The highest BCUT2D eigenvalue weighted by molar-refractivity contribution is 5.37. The molecule has 29 heavy (non-hydrogen) atoms. The van der Waals surface area contributed by atoms with Gasteiger partial charge in [0.25, 0.3) is 0 Å². The van der Waals surface area contributed by atoms with Crippen molar-refractivity contribution in [3.05, 3.63) is 58.9 Å². The van der Waals surface area contributed by atoms with Crippen molar-refractivity contribution < 1.29 is 14.6 Å².